The number of nitriles is 1. The van der Waals surface area contributed by atoms with Gasteiger partial charge >= 0.3 is 0 Å². The van der Waals surface area contributed by atoms with Crippen molar-refractivity contribution in [2.24, 2.45) is 0 Å². The van der Waals surface area contributed by atoms with Crippen LogP contribution >= 0.6 is 11.3 Å². The molecule has 0 saturated heterocycles. The molecule has 1 aromatic carbocycles. The van der Waals surface area contributed by atoms with E-state index in [4.69, 9.17) is 11.0 Å². The van der Waals surface area contributed by atoms with Crippen molar-refractivity contribution in [3.63, 3.8) is 0 Å². The molecular formula is C13H13N3O2S2. The van der Waals surface area contributed by atoms with E-state index < -0.39 is 10.0 Å². The standard InChI is InChI=1S/C13H13N3O2S2/c14-8-11-1-2-13(12(15)7-11)20(17,18)16-5-3-10-4-6-19-9-10/h1-2,4,6-7,9,16H,3,5,15H2. The molecule has 0 atom stereocenters. The number of nitrogens with one attached hydrogen (secondary N) is 1. The molecule has 3 N–H and O–H groups in total. The highest BCUT2D eigenvalue weighted by atomic mass is 32.2. The molecule has 20 heavy (non-hydrogen) atoms. The molecule has 104 valence electrons. The molecular weight excluding hydrogens is 294 g/mol. The average Bonchev–Trinajstić information content (AvgIpc) is 2.91. The minimum atomic E-state index is -3.65. The van der Waals surface area contributed by atoms with Crippen LogP contribution in [0, 0.1) is 11.3 Å². The Labute approximate surface area is 121 Å². The Morgan fingerprint density at radius 3 is 2.75 bits per heavy atom. The van der Waals surface area contributed by atoms with E-state index in [0.717, 1.165) is 5.56 Å². The van der Waals surface area contributed by atoms with Gasteiger partial charge in [0.1, 0.15) is 4.90 Å². The van der Waals surface area contributed by atoms with Crippen molar-refractivity contribution in [1.29, 1.82) is 5.26 Å². The maximum atomic E-state index is 12.1. The molecule has 1 aromatic heterocycles. The third-order valence-electron chi connectivity index (χ3n) is 2.71. The Morgan fingerprint density at radius 1 is 1.35 bits per heavy atom. The van der Waals surface area contributed by atoms with Crippen LogP contribution in [0.15, 0.2) is 39.9 Å². The van der Waals surface area contributed by atoms with E-state index in [9.17, 15) is 8.42 Å². The van der Waals surface area contributed by atoms with Crippen LogP contribution in [0.4, 0.5) is 5.69 Å². The smallest absolute Gasteiger partial charge is 0.242 e. The van der Waals surface area contributed by atoms with E-state index >= 15 is 0 Å². The van der Waals surface area contributed by atoms with Gasteiger partial charge in [-0.2, -0.15) is 16.6 Å². The van der Waals surface area contributed by atoms with Crippen molar-refractivity contribution >= 4 is 27.0 Å². The molecule has 0 aliphatic rings. The zero-order chi connectivity index (χ0) is 14.6. The Kier molecular flexibility index (Phi) is 4.39. The summed E-state index contributed by atoms with van der Waals surface area (Å²) in [4.78, 5) is 0.00168. The molecule has 0 aliphatic heterocycles. The molecule has 2 rings (SSSR count). The van der Waals surface area contributed by atoms with Gasteiger partial charge in [0.15, 0.2) is 0 Å². The van der Waals surface area contributed by atoms with Gasteiger partial charge in [0.2, 0.25) is 10.0 Å². The number of sulfonamides is 1. The first-order valence-corrected chi connectivity index (χ1v) is 8.26. The fourth-order valence-corrected chi connectivity index (χ4v) is 3.55. The number of rotatable bonds is 5. The minimum absolute atomic E-state index is 0.00168. The lowest BCUT2D eigenvalue weighted by Crippen LogP contribution is -2.26. The van der Waals surface area contributed by atoms with E-state index in [-0.39, 0.29) is 10.6 Å². The lowest BCUT2D eigenvalue weighted by atomic mass is 10.2. The number of nitrogen functional groups attached to an aromatic ring is 1. The van der Waals surface area contributed by atoms with Crippen molar-refractivity contribution in [3.8, 4) is 6.07 Å². The third-order valence-corrected chi connectivity index (χ3v) is 4.98. The van der Waals surface area contributed by atoms with E-state index in [0.29, 0.717) is 18.5 Å². The summed E-state index contributed by atoms with van der Waals surface area (Å²) < 4.78 is 26.7. The third kappa shape index (κ3) is 3.36. The Bertz CT molecular complexity index is 731. The predicted molar refractivity (Wildman–Crippen MR) is 78.8 cm³/mol. The second-order valence-electron chi connectivity index (χ2n) is 4.14. The fraction of sp³-hybridized carbons (Fsp3) is 0.154. The van der Waals surface area contributed by atoms with Crippen LogP contribution in [0.25, 0.3) is 0 Å². The summed E-state index contributed by atoms with van der Waals surface area (Å²) in [5.74, 6) is 0. The van der Waals surface area contributed by atoms with Gasteiger partial charge in [-0.25, -0.2) is 13.1 Å². The normalized spacial score (nSPS) is 11.2. The minimum Gasteiger partial charge on any atom is -0.398 e. The van der Waals surface area contributed by atoms with Crippen LogP contribution in [0.2, 0.25) is 0 Å². The maximum Gasteiger partial charge on any atom is 0.242 e. The van der Waals surface area contributed by atoms with E-state index in [1.165, 1.54) is 18.2 Å². The molecule has 1 heterocycles. The second-order valence-corrected chi connectivity index (χ2v) is 6.66. The van der Waals surface area contributed by atoms with Crippen molar-refractivity contribution in [1.82, 2.24) is 4.72 Å². The number of anilines is 1. The fourth-order valence-electron chi connectivity index (χ4n) is 1.71. The van der Waals surface area contributed by atoms with Gasteiger partial charge in [-0.3, -0.25) is 0 Å². The average molecular weight is 307 g/mol. The largest absolute Gasteiger partial charge is 0.398 e. The lowest BCUT2D eigenvalue weighted by Gasteiger charge is -2.08. The number of benzene rings is 1. The van der Waals surface area contributed by atoms with Crippen LogP contribution in [0.1, 0.15) is 11.1 Å². The van der Waals surface area contributed by atoms with Crippen molar-refractivity contribution in [2.75, 3.05) is 12.3 Å². The summed E-state index contributed by atoms with van der Waals surface area (Å²) in [5, 5.41) is 12.7. The highest BCUT2D eigenvalue weighted by molar-refractivity contribution is 7.89. The number of nitrogens with zero attached hydrogens (tertiary/aromatic N) is 1. The van der Waals surface area contributed by atoms with E-state index in [2.05, 4.69) is 4.72 Å². The van der Waals surface area contributed by atoms with Crippen molar-refractivity contribution in [3.05, 3.63) is 46.2 Å². The van der Waals surface area contributed by atoms with Crippen molar-refractivity contribution < 1.29 is 8.42 Å². The molecule has 0 bridgehead atoms. The monoisotopic (exact) mass is 307 g/mol. The summed E-state index contributed by atoms with van der Waals surface area (Å²) in [6, 6.07) is 8.00. The lowest BCUT2D eigenvalue weighted by molar-refractivity contribution is 0.582. The van der Waals surface area contributed by atoms with Gasteiger partial charge in [-0.15, -0.1) is 0 Å². The number of nitrogens with two attached hydrogens (primary N) is 1. The van der Waals surface area contributed by atoms with Gasteiger partial charge in [0, 0.05) is 6.54 Å². The highest BCUT2D eigenvalue weighted by Gasteiger charge is 2.17. The summed E-state index contributed by atoms with van der Waals surface area (Å²) >= 11 is 1.57. The van der Waals surface area contributed by atoms with Crippen LogP contribution in [0.5, 0.6) is 0 Å². The topological polar surface area (TPSA) is 96.0 Å². The van der Waals surface area contributed by atoms with Gasteiger partial charge in [-0.05, 0) is 47.0 Å². The molecule has 0 spiro atoms. The van der Waals surface area contributed by atoms with Gasteiger partial charge in [0.05, 0.1) is 17.3 Å². The zero-order valence-corrected chi connectivity index (χ0v) is 12.2. The second kappa shape index (κ2) is 6.05. The van der Waals surface area contributed by atoms with E-state index in [1.807, 2.05) is 22.9 Å². The Morgan fingerprint density at radius 2 is 2.15 bits per heavy atom. The van der Waals surface area contributed by atoms with Gasteiger partial charge < -0.3 is 5.73 Å². The van der Waals surface area contributed by atoms with Crippen LogP contribution in [0.3, 0.4) is 0 Å². The first-order valence-electron chi connectivity index (χ1n) is 5.83. The SMILES string of the molecule is N#Cc1ccc(S(=O)(=O)NCCc2ccsc2)c(N)c1. The molecule has 2 aromatic rings. The Balaban J connectivity index is 2.08. The zero-order valence-electron chi connectivity index (χ0n) is 10.5. The number of hydrogen-bond acceptors (Lipinski definition) is 5. The molecule has 0 amide bonds. The quantitative estimate of drug-likeness (QED) is 0.822. The summed E-state index contributed by atoms with van der Waals surface area (Å²) in [6.07, 6.45) is 0.624. The molecule has 0 unspecified atom stereocenters. The number of hydrogen-bond donors (Lipinski definition) is 2. The summed E-state index contributed by atoms with van der Waals surface area (Å²) in [6.45, 7) is 0.304. The van der Waals surface area contributed by atoms with Crippen LogP contribution in [-0.2, 0) is 16.4 Å². The van der Waals surface area contributed by atoms with Crippen LogP contribution < -0.4 is 10.5 Å². The molecule has 7 heteroatoms. The maximum absolute atomic E-state index is 12.1. The predicted octanol–water partition coefficient (Wildman–Crippen LogP) is 1.72. The van der Waals surface area contributed by atoms with Gasteiger partial charge in [-0.1, -0.05) is 0 Å². The van der Waals surface area contributed by atoms with Crippen LogP contribution in [-0.4, -0.2) is 15.0 Å². The molecule has 0 saturated carbocycles. The van der Waals surface area contributed by atoms with Crippen molar-refractivity contribution in [2.45, 2.75) is 11.3 Å². The molecule has 5 nitrogen and oxygen atoms in total. The molecule has 0 radical (unpaired) electrons. The first-order chi connectivity index (χ1) is 9.53. The molecule has 0 fully saturated rings. The highest BCUT2D eigenvalue weighted by Crippen LogP contribution is 2.19. The Hall–Kier alpha value is -1.88. The van der Waals surface area contributed by atoms with E-state index in [1.54, 1.807) is 11.3 Å². The first kappa shape index (κ1) is 14.5. The molecule has 0 aliphatic carbocycles. The summed E-state index contributed by atoms with van der Waals surface area (Å²) in [5.41, 5.74) is 7.18. The number of thiophene rings is 1. The van der Waals surface area contributed by atoms with Gasteiger partial charge in [0.25, 0.3) is 0 Å². The summed E-state index contributed by atoms with van der Waals surface area (Å²) in [7, 11) is -3.65.